The number of benzene rings is 1. The molecule has 25 heavy (non-hydrogen) atoms. The standard InChI is InChI=1S/C18H18ClNO4S/c1-11-15(19)12(10-13-4-9-25-16(11)13)2-3-14(21)20-7-5-18(24,6-8-20)17(22)23/h2-4,9-10,24H,5-8H2,1H3,(H,22,23)/b3-2+. The molecule has 2 N–H and O–H groups in total. The number of halogens is 1. The van der Waals surface area contributed by atoms with Crippen molar-refractivity contribution in [1.29, 1.82) is 0 Å². The maximum Gasteiger partial charge on any atom is 0.335 e. The highest BCUT2D eigenvalue weighted by Crippen LogP contribution is 2.33. The van der Waals surface area contributed by atoms with Gasteiger partial charge in [0.25, 0.3) is 0 Å². The normalized spacial score (nSPS) is 17.3. The van der Waals surface area contributed by atoms with Gasteiger partial charge in [0.15, 0.2) is 5.60 Å². The second-order valence-electron chi connectivity index (χ2n) is 6.24. The van der Waals surface area contributed by atoms with E-state index in [0.29, 0.717) is 5.02 Å². The van der Waals surface area contributed by atoms with Gasteiger partial charge in [0.1, 0.15) is 0 Å². The van der Waals surface area contributed by atoms with E-state index >= 15 is 0 Å². The van der Waals surface area contributed by atoms with E-state index in [0.717, 1.165) is 21.2 Å². The summed E-state index contributed by atoms with van der Waals surface area (Å²) >= 11 is 8.03. The third-order valence-electron chi connectivity index (χ3n) is 4.64. The predicted octanol–water partition coefficient (Wildman–Crippen LogP) is 3.31. The molecule has 1 aliphatic rings. The van der Waals surface area contributed by atoms with E-state index in [2.05, 4.69) is 0 Å². The number of carbonyl (C=O) groups is 2. The molecule has 0 unspecified atom stereocenters. The van der Waals surface area contributed by atoms with Crippen LogP contribution in [0.1, 0.15) is 24.0 Å². The summed E-state index contributed by atoms with van der Waals surface area (Å²) in [6.07, 6.45) is 3.20. The Morgan fingerprint density at radius 3 is 2.68 bits per heavy atom. The summed E-state index contributed by atoms with van der Waals surface area (Å²) in [4.78, 5) is 24.9. The molecule has 2 aromatic rings. The molecule has 1 aliphatic heterocycles. The minimum Gasteiger partial charge on any atom is -0.479 e. The molecule has 0 saturated carbocycles. The number of thiophene rings is 1. The third-order valence-corrected chi connectivity index (χ3v) is 6.19. The number of carboxylic acid groups (broad SMARTS) is 1. The Labute approximate surface area is 154 Å². The quantitative estimate of drug-likeness (QED) is 0.802. The summed E-state index contributed by atoms with van der Waals surface area (Å²) in [5.74, 6) is -1.45. The molecule has 1 fully saturated rings. The molecular weight excluding hydrogens is 362 g/mol. The van der Waals surface area contributed by atoms with E-state index in [1.54, 1.807) is 17.4 Å². The summed E-state index contributed by atoms with van der Waals surface area (Å²) in [7, 11) is 0. The number of nitrogens with zero attached hydrogens (tertiary/aromatic N) is 1. The molecule has 1 aromatic heterocycles. The van der Waals surface area contributed by atoms with Crippen molar-refractivity contribution in [1.82, 2.24) is 4.90 Å². The molecule has 5 nitrogen and oxygen atoms in total. The first-order valence-electron chi connectivity index (χ1n) is 7.91. The highest BCUT2D eigenvalue weighted by molar-refractivity contribution is 7.17. The van der Waals surface area contributed by atoms with Crippen molar-refractivity contribution in [2.45, 2.75) is 25.4 Å². The number of carboxylic acids is 1. The van der Waals surface area contributed by atoms with Crippen LogP contribution < -0.4 is 0 Å². The van der Waals surface area contributed by atoms with Crippen molar-refractivity contribution in [2.24, 2.45) is 0 Å². The molecule has 132 valence electrons. The van der Waals surface area contributed by atoms with Crippen molar-refractivity contribution >= 4 is 51.0 Å². The summed E-state index contributed by atoms with van der Waals surface area (Å²) in [6, 6.07) is 3.96. The number of rotatable bonds is 3. The molecule has 1 saturated heterocycles. The summed E-state index contributed by atoms with van der Waals surface area (Å²) in [5.41, 5.74) is 0.0356. The van der Waals surface area contributed by atoms with Gasteiger partial charge in [-0.1, -0.05) is 11.6 Å². The van der Waals surface area contributed by atoms with Crippen molar-refractivity contribution < 1.29 is 19.8 Å². The summed E-state index contributed by atoms with van der Waals surface area (Å²) in [6.45, 7) is 2.38. The number of piperidine rings is 1. The Morgan fingerprint density at radius 1 is 1.36 bits per heavy atom. The largest absolute Gasteiger partial charge is 0.479 e. The highest BCUT2D eigenvalue weighted by Gasteiger charge is 2.40. The number of fused-ring (bicyclic) bond motifs is 1. The Bertz CT molecular complexity index is 865. The van der Waals surface area contributed by atoms with Crippen LogP contribution in [0.3, 0.4) is 0 Å². The number of amides is 1. The molecule has 3 rings (SSSR count). The van der Waals surface area contributed by atoms with Crippen LogP contribution in [0.5, 0.6) is 0 Å². The van der Waals surface area contributed by atoms with Gasteiger partial charge in [0.05, 0.1) is 5.02 Å². The van der Waals surface area contributed by atoms with Gasteiger partial charge in [-0.15, -0.1) is 11.3 Å². The van der Waals surface area contributed by atoms with E-state index in [4.69, 9.17) is 16.7 Å². The highest BCUT2D eigenvalue weighted by atomic mass is 35.5. The molecule has 0 spiro atoms. The molecule has 0 atom stereocenters. The van der Waals surface area contributed by atoms with Crippen LogP contribution in [0.15, 0.2) is 23.6 Å². The SMILES string of the molecule is Cc1c(Cl)c(/C=C/C(=O)N2CCC(O)(C(=O)O)CC2)cc2ccsc12. The maximum absolute atomic E-state index is 12.3. The lowest BCUT2D eigenvalue weighted by molar-refractivity contribution is -0.164. The van der Waals surface area contributed by atoms with Crippen LogP contribution >= 0.6 is 22.9 Å². The Morgan fingerprint density at radius 2 is 2.04 bits per heavy atom. The fourth-order valence-electron chi connectivity index (χ4n) is 2.98. The summed E-state index contributed by atoms with van der Waals surface area (Å²) in [5, 5.41) is 22.7. The third kappa shape index (κ3) is 3.42. The predicted molar refractivity (Wildman–Crippen MR) is 99.0 cm³/mol. The lowest BCUT2D eigenvalue weighted by Gasteiger charge is -2.34. The fraction of sp³-hybridized carbons (Fsp3) is 0.333. The Hall–Kier alpha value is -1.89. The van der Waals surface area contributed by atoms with E-state index in [-0.39, 0.29) is 31.8 Å². The van der Waals surface area contributed by atoms with Crippen LogP contribution in [0.4, 0.5) is 0 Å². The molecule has 0 bridgehead atoms. The average Bonchev–Trinajstić information content (AvgIpc) is 3.05. The van der Waals surface area contributed by atoms with Gasteiger partial charge >= 0.3 is 5.97 Å². The smallest absolute Gasteiger partial charge is 0.335 e. The van der Waals surface area contributed by atoms with Gasteiger partial charge < -0.3 is 15.1 Å². The minimum atomic E-state index is -1.73. The maximum atomic E-state index is 12.3. The molecule has 1 amide bonds. The van der Waals surface area contributed by atoms with Crippen LogP contribution in [-0.2, 0) is 9.59 Å². The lowest BCUT2D eigenvalue weighted by atomic mass is 9.91. The molecule has 7 heteroatoms. The number of carbonyl (C=O) groups excluding carboxylic acids is 1. The van der Waals surface area contributed by atoms with E-state index in [9.17, 15) is 14.7 Å². The number of hydrogen-bond acceptors (Lipinski definition) is 4. The average molecular weight is 380 g/mol. The number of likely N-dealkylation sites (tertiary alicyclic amines) is 1. The van der Waals surface area contributed by atoms with E-state index in [1.807, 2.05) is 24.4 Å². The van der Waals surface area contributed by atoms with Crippen molar-refractivity contribution in [3.8, 4) is 0 Å². The fourth-order valence-corrected chi connectivity index (χ4v) is 4.14. The second-order valence-corrected chi connectivity index (χ2v) is 7.53. The Kier molecular flexibility index (Phi) is 4.86. The van der Waals surface area contributed by atoms with E-state index in [1.165, 1.54) is 11.0 Å². The topological polar surface area (TPSA) is 77.8 Å². The lowest BCUT2D eigenvalue weighted by Crippen LogP contribution is -2.50. The first kappa shape index (κ1) is 17.9. The zero-order valence-electron chi connectivity index (χ0n) is 13.7. The van der Waals surface area contributed by atoms with Crippen molar-refractivity contribution in [3.63, 3.8) is 0 Å². The van der Waals surface area contributed by atoms with Gasteiger partial charge in [0.2, 0.25) is 5.91 Å². The van der Waals surface area contributed by atoms with Crippen molar-refractivity contribution in [3.05, 3.63) is 39.7 Å². The summed E-state index contributed by atoms with van der Waals surface area (Å²) < 4.78 is 1.14. The zero-order valence-corrected chi connectivity index (χ0v) is 15.2. The minimum absolute atomic E-state index is 0.0304. The second kappa shape index (κ2) is 6.78. The van der Waals surface area contributed by atoms with Crippen LogP contribution in [0, 0.1) is 6.92 Å². The molecule has 0 radical (unpaired) electrons. The molecular formula is C18H18ClNO4S. The molecule has 1 aromatic carbocycles. The van der Waals surface area contributed by atoms with Crippen molar-refractivity contribution in [2.75, 3.05) is 13.1 Å². The van der Waals surface area contributed by atoms with Crippen LogP contribution in [-0.4, -0.2) is 45.7 Å². The van der Waals surface area contributed by atoms with Gasteiger partial charge in [-0.3, -0.25) is 4.79 Å². The van der Waals surface area contributed by atoms with Gasteiger partial charge in [0, 0.05) is 36.7 Å². The number of aryl methyl sites for hydroxylation is 1. The zero-order chi connectivity index (χ0) is 18.2. The van der Waals surface area contributed by atoms with Crippen LogP contribution in [0.2, 0.25) is 5.02 Å². The number of aliphatic carboxylic acids is 1. The van der Waals surface area contributed by atoms with Crippen LogP contribution in [0.25, 0.3) is 16.2 Å². The number of hydrogen-bond donors (Lipinski definition) is 2. The monoisotopic (exact) mass is 379 g/mol. The van der Waals surface area contributed by atoms with Gasteiger partial charge in [-0.25, -0.2) is 4.79 Å². The number of aliphatic hydroxyl groups is 1. The first-order valence-corrected chi connectivity index (χ1v) is 9.17. The molecule has 2 heterocycles. The van der Waals surface area contributed by atoms with Gasteiger partial charge in [-0.05, 0) is 47.0 Å². The first-order chi connectivity index (χ1) is 11.8. The van der Waals surface area contributed by atoms with E-state index < -0.39 is 11.6 Å². The van der Waals surface area contributed by atoms with Gasteiger partial charge in [-0.2, -0.15) is 0 Å². The Balaban J connectivity index is 1.74. The molecule has 0 aliphatic carbocycles.